The molecule has 5 rings (SSSR count). The van der Waals surface area contributed by atoms with Crippen molar-refractivity contribution in [2.24, 2.45) is 0 Å². The summed E-state index contributed by atoms with van der Waals surface area (Å²) < 4.78 is 23.2. The predicted octanol–water partition coefficient (Wildman–Crippen LogP) is 4.17. The van der Waals surface area contributed by atoms with E-state index in [0.29, 0.717) is 53.7 Å². The number of phenols is 1. The molecule has 210 valence electrons. The van der Waals surface area contributed by atoms with E-state index in [2.05, 4.69) is 0 Å². The van der Waals surface area contributed by atoms with Gasteiger partial charge in [0, 0.05) is 36.0 Å². The number of hydrogen-bond donors (Lipinski definition) is 2. The molecular formula is C31H32O9. The molecule has 0 saturated heterocycles. The molecule has 1 aliphatic carbocycles. The van der Waals surface area contributed by atoms with E-state index in [9.17, 15) is 24.6 Å². The monoisotopic (exact) mass is 548 g/mol. The first-order chi connectivity index (χ1) is 19.1. The molecule has 9 nitrogen and oxygen atoms in total. The number of aldehydes is 1. The van der Waals surface area contributed by atoms with E-state index in [4.69, 9.17) is 18.9 Å². The van der Waals surface area contributed by atoms with Gasteiger partial charge in [0.1, 0.15) is 34.9 Å². The van der Waals surface area contributed by atoms with Crippen molar-refractivity contribution in [3.05, 3.63) is 63.9 Å². The highest BCUT2D eigenvalue weighted by Crippen LogP contribution is 2.54. The van der Waals surface area contributed by atoms with Gasteiger partial charge in [0.05, 0.1) is 30.5 Å². The van der Waals surface area contributed by atoms with Gasteiger partial charge in [-0.05, 0) is 51.3 Å². The number of carbonyl (C=O) groups is 3. The van der Waals surface area contributed by atoms with Gasteiger partial charge in [-0.2, -0.15) is 0 Å². The van der Waals surface area contributed by atoms with Crippen molar-refractivity contribution in [1.29, 1.82) is 0 Å². The molecular weight excluding hydrogens is 516 g/mol. The summed E-state index contributed by atoms with van der Waals surface area (Å²) in [6.45, 7) is 5.06. The minimum atomic E-state index is -1.14. The fraction of sp³-hybridized carbons (Fsp3) is 0.387. The number of aliphatic hydroxyl groups is 1. The van der Waals surface area contributed by atoms with Crippen molar-refractivity contribution in [3.8, 4) is 23.0 Å². The van der Waals surface area contributed by atoms with Crippen molar-refractivity contribution in [3.63, 3.8) is 0 Å². The molecule has 0 spiro atoms. The van der Waals surface area contributed by atoms with E-state index in [1.807, 2.05) is 0 Å². The number of esters is 1. The Hall–Kier alpha value is -4.11. The zero-order valence-corrected chi connectivity index (χ0v) is 22.9. The Bertz CT molecular complexity index is 1440. The van der Waals surface area contributed by atoms with Crippen LogP contribution in [0.2, 0.25) is 0 Å². The number of fused-ring (bicyclic) bond motifs is 2. The smallest absolute Gasteiger partial charge is 0.375 e. The number of hydrogen-bond acceptors (Lipinski definition) is 9. The summed E-state index contributed by atoms with van der Waals surface area (Å²) in [5, 5.41) is 20.4. The number of ketones is 1. The van der Waals surface area contributed by atoms with Gasteiger partial charge in [0.15, 0.2) is 6.29 Å². The summed E-state index contributed by atoms with van der Waals surface area (Å²) in [6, 6.07) is 8.15. The lowest BCUT2D eigenvalue weighted by Crippen LogP contribution is -2.39. The van der Waals surface area contributed by atoms with Gasteiger partial charge >= 0.3 is 5.97 Å². The predicted molar refractivity (Wildman–Crippen MR) is 144 cm³/mol. The summed E-state index contributed by atoms with van der Waals surface area (Å²) in [6.07, 6.45) is 1.29. The summed E-state index contributed by atoms with van der Waals surface area (Å²) in [4.78, 5) is 38.7. The fourth-order valence-corrected chi connectivity index (χ4v) is 5.66. The molecule has 0 aromatic heterocycles. The van der Waals surface area contributed by atoms with Gasteiger partial charge < -0.3 is 29.2 Å². The molecule has 40 heavy (non-hydrogen) atoms. The van der Waals surface area contributed by atoms with E-state index in [0.717, 1.165) is 11.1 Å². The first-order valence-corrected chi connectivity index (χ1v) is 13.3. The molecule has 1 fully saturated rings. The van der Waals surface area contributed by atoms with Gasteiger partial charge in [-0.25, -0.2) is 4.79 Å². The van der Waals surface area contributed by atoms with Crippen LogP contribution in [0.15, 0.2) is 47.2 Å². The van der Waals surface area contributed by atoms with Gasteiger partial charge in [-0.1, -0.05) is 17.7 Å². The molecule has 2 aromatic carbocycles. The highest BCUT2D eigenvalue weighted by Gasteiger charge is 2.42. The number of aromatic hydroxyl groups is 1. The lowest BCUT2D eigenvalue weighted by atomic mass is 9.75. The minimum Gasteiger partial charge on any atom is -0.508 e. The zero-order chi connectivity index (χ0) is 28.8. The van der Waals surface area contributed by atoms with E-state index < -0.39 is 23.6 Å². The van der Waals surface area contributed by atoms with Crippen molar-refractivity contribution in [1.82, 2.24) is 0 Å². The Balaban J connectivity index is 1.73. The Kier molecular flexibility index (Phi) is 7.18. The Morgan fingerprint density at radius 3 is 2.50 bits per heavy atom. The molecule has 3 aliphatic rings. The number of Topliss-reactive ketones (excluding diaryl/α,β-unsaturated/α-hetero) is 1. The number of benzene rings is 2. The molecule has 2 aromatic rings. The topological polar surface area (TPSA) is 129 Å². The first kappa shape index (κ1) is 27.5. The first-order valence-electron chi connectivity index (χ1n) is 13.3. The number of allylic oxidation sites excluding steroid dienone is 3. The standard InChI is InChI=1S/C31H32O9/c1-5-38-30(35)29-21(15-32)26(17-8-11-22(34)19(12-17)16-6-9-18(33)10-7-16)27-24(40-29)14-23-20(28(27)37-4)13-25(39-23)31(2,3)36/h6-7,9-10,14-15,19,25,33,36H,5,8,11-13H2,1-4H3. The second-order valence-electron chi connectivity index (χ2n) is 10.7. The van der Waals surface area contributed by atoms with Crippen LogP contribution >= 0.6 is 0 Å². The van der Waals surface area contributed by atoms with E-state index in [1.54, 1.807) is 39.0 Å². The van der Waals surface area contributed by atoms with Crippen LogP contribution in [0.25, 0.3) is 5.57 Å². The Labute approximate surface area is 232 Å². The third-order valence-corrected chi connectivity index (χ3v) is 7.67. The van der Waals surface area contributed by atoms with E-state index in [-0.39, 0.29) is 41.6 Å². The maximum Gasteiger partial charge on any atom is 0.375 e. The lowest BCUT2D eigenvalue weighted by Gasteiger charge is -2.31. The average molecular weight is 549 g/mol. The molecule has 9 heteroatoms. The van der Waals surface area contributed by atoms with Crippen LogP contribution in [0.5, 0.6) is 23.0 Å². The lowest BCUT2D eigenvalue weighted by molar-refractivity contribution is -0.141. The van der Waals surface area contributed by atoms with Crippen LogP contribution in [0, 0.1) is 0 Å². The highest BCUT2D eigenvalue weighted by atomic mass is 16.6. The number of phenolic OH excluding ortho intramolecular Hbond substituents is 1. The number of ether oxygens (including phenoxy) is 4. The van der Waals surface area contributed by atoms with Crippen molar-refractivity contribution < 1.29 is 43.5 Å². The van der Waals surface area contributed by atoms with Crippen LogP contribution in [-0.4, -0.2) is 53.7 Å². The maximum atomic E-state index is 13.0. The Morgan fingerprint density at radius 2 is 1.88 bits per heavy atom. The van der Waals surface area contributed by atoms with Gasteiger partial charge in [-0.3, -0.25) is 9.59 Å². The van der Waals surface area contributed by atoms with Gasteiger partial charge in [-0.15, -0.1) is 0 Å². The van der Waals surface area contributed by atoms with Crippen LogP contribution < -0.4 is 14.2 Å². The second-order valence-corrected chi connectivity index (χ2v) is 10.7. The van der Waals surface area contributed by atoms with E-state index in [1.165, 1.54) is 19.2 Å². The third-order valence-electron chi connectivity index (χ3n) is 7.67. The molecule has 1 saturated carbocycles. The third kappa shape index (κ3) is 4.75. The molecule has 0 bridgehead atoms. The van der Waals surface area contributed by atoms with Gasteiger partial charge in [0.25, 0.3) is 0 Å². The number of methoxy groups -OCH3 is 1. The van der Waals surface area contributed by atoms with Crippen LogP contribution in [0.4, 0.5) is 0 Å². The largest absolute Gasteiger partial charge is 0.508 e. The molecule has 2 aliphatic heterocycles. The van der Waals surface area contributed by atoms with E-state index >= 15 is 0 Å². The van der Waals surface area contributed by atoms with Crippen LogP contribution in [0.1, 0.15) is 62.6 Å². The summed E-state index contributed by atoms with van der Waals surface area (Å²) in [7, 11) is 1.50. The van der Waals surface area contributed by atoms with Crippen LogP contribution in [-0.2, 0) is 25.5 Å². The zero-order valence-electron chi connectivity index (χ0n) is 22.9. The number of rotatable bonds is 6. The quantitative estimate of drug-likeness (QED) is 0.404. The van der Waals surface area contributed by atoms with Crippen molar-refractivity contribution in [2.45, 2.75) is 64.1 Å². The summed E-state index contributed by atoms with van der Waals surface area (Å²) in [5.74, 6) is -0.264. The number of carbonyl (C=O) groups excluding carboxylic acids is 3. The fourth-order valence-electron chi connectivity index (χ4n) is 5.66. The van der Waals surface area contributed by atoms with Gasteiger partial charge in [0.2, 0.25) is 5.76 Å². The Morgan fingerprint density at radius 1 is 1.15 bits per heavy atom. The average Bonchev–Trinajstić information content (AvgIpc) is 3.36. The molecule has 0 radical (unpaired) electrons. The van der Waals surface area contributed by atoms with Crippen LogP contribution in [0.3, 0.4) is 0 Å². The second kappa shape index (κ2) is 10.5. The highest BCUT2D eigenvalue weighted by molar-refractivity contribution is 6.10. The molecule has 2 N–H and O–H groups in total. The normalized spacial score (nSPS) is 22.2. The SMILES string of the molecule is CCOC(=O)C1=C(C=O)C(=C2CCC(=O)C(c3ccc(O)cc3)C2)c2c(cc3c(c2OC)CC(C(C)(C)O)O3)O1. The summed E-state index contributed by atoms with van der Waals surface area (Å²) >= 11 is 0. The van der Waals surface area contributed by atoms with Crippen molar-refractivity contribution >= 4 is 23.6 Å². The van der Waals surface area contributed by atoms with Crippen molar-refractivity contribution in [2.75, 3.05) is 13.7 Å². The molecule has 2 heterocycles. The maximum absolute atomic E-state index is 13.0. The summed E-state index contributed by atoms with van der Waals surface area (Å²) in [5.41, 5.74) is 2.10. The molecule has 0 amide bonds. The molecule has 2 atom stereocenters. The minimum absolute atomic E-state index is 0.0240. The molecule has 2 unspecified atom stereocenters.